The van der Waals surface area contributed by atoms with Crippen molar-refractivity contribution in [3.05, 3.63) is 59.4 Å². The van der Waals surface area contributed by atoms with Gasteiger partial charge in [0.2, 0.25) is 0 Å². The number of hydrogen-bond donors (Lipinski definition) is 1. The number of nitrogens with one attached hydrogen (secondary N) is 1. The Morgan fingerprint density at radius 1 is 1.24 bits per heavy atom. The number of aromatic nitrogens is 1. The number of ether oxygens (including phenoxy) is 1. The Balaban J connectivity index is 1.84. The minimum Gasteiger partial charge on any atom is -0.490 e. The van der Waals surface area contributed by atoms with Crippen LogP contribution in [0.25, 0.3) is 0 Å². The second kappa shape index (κ2) is 6.27. The fraction of sp³-hybridized carbons (Fsp3) is 0.389. The molecule has 3 rings (SSSR count). The van der Waals surface area contributed by atoms with E-state index < -0.39 is 0 Å². The van der Waals surface area contributed by atoms with Crippen LogP contribution < -0.4 is 10.1 Å². The van der Waals surface area contributed by atoms with Gasteiger partial charge in [0.05, 0.1) is 17.8 Å². The van der Waals surface area contributed by atoms with Gasteiger partial charge in [-0.25, -0.2) is 0 Å². The van der Waals surface area contributed by atoms with Crippen molar-refractivity contribution in [2.45, 2.75) is 38.8 Å². The van der Waals surface area contributed by atoms with Crippen LogP contribution in [0.3, 0.4) is 0 Å². The zero-order valence-corrected chi connectivity index (χ0v) is 12.7. The van der Waals surface area contributed by atoms with E-state index >= 15 is 0 Å². The summed E-state index contributed by atoms with van der Waals surface area (Å²) >= 11 is 0. The highest BCUT2D eigenvalue weighted by Crippen LogP contribution is 2.29. The smallest absolute Gasteiger partial charge is 0.119 e. The molecular formula is C18H22N2O. The molecule has 0 spiro atoms. The number of benzene rings is 1. The third-order valence-electron chi connectivity index (χ3n) is 3.77. The van der Waals surface area contributed by atoms with Crippen molar-refractivity contribution in [1.29, 1.82) is 0 Å². The third kappa shape index (κ3) is 3.42. The van der Waals surface area contributed by atoms with Crippen molar-refractivity contribution in [2.75, 3.05) is 6.54 Å². The second-order valence-corrected chi connectivity index (χ2v) is 5.58. The van der Waals surface area contributed by atoms with E-state index in [1.165, 1.54) is 24.0 Å². The molecule has 0 radical (unpaired) electrons. The van der Waals surface area contributed by atoms with Gasteiger partial charge in [-0.05, 0) is 55.6 Å². The van der Waals surface area contributed by atoms with Crippen molar-refractivity contribution >= 4 is 0 Å². The summed E-state index contributed by atoms with van der Waals surface area (Å²) in [5.41, 5.74) is 3.53. The van der Waals surface area contributed by atoms with Crippen molar-refractivity contribution in [3.63, 3.8) is 0 Å². The third-order valence-corrected chi connectivity index (χ3v) is 3.77. The minimum atomic E-state index is 0.131. The van der Waals surface area contributed by atoms with Crippen LogP contribution >= 0.6 is 0 Å². The summed E-state index contributed by atoms with van der Waals surface area (Å²) in [6, 6.07) is 12.6. The van der Waals surface area contributed by atoms with Gasteiger partial charge in [-0.15, -0.1) is 0 Å². The average Bonchev–Trinajstić information content (AvgIpc) is 3.31. The molecule has 110 valence electrons. The SMILES string of the molecule is CCNC(c1ccc(OC2CC2)cc1)c1ncccc1C. The maximum absolute atomic E-state index is 5.81. The van der Waals surface area contributed by atoms with E-state index in [2.05, 4.69) is 54.5 Å². The summed E-state index contributed by atoms with van der Waals surface area (Å²) in [7, 11) is 0. The Morgan fingerprint density at radius 3 is 2.62 bits per heavy atom. The van der Waals surface area contributed by atoms with E-state index in [1.54, 1.807) is 0 Å². The lowest BCUT2D eigenvalue weighted by Gasteiger charge is -2.20. The molecule has 3 nitrogen and oxygen atoms in total. The van der Waals surface area contributed by atoms with Crippen LogP contribution in [-0.2, 0) is 0 Å². The Hall–Kier alpha value is -1.87. The van der Waals surface area contributed by atoms with Crippen LogP contribution in [0.5, 0.6) is 5.75 Å². The van der Waals surface area contributed by atoms with Gasteiger partial charge in [-0.3, -0.25) is 4.98 Å². The molecule has 1 N–H and O–H groups in total. The maximum atomic E-state index is 5.81. The predicted octanol–water partition coefficient (Wildman–Crippen LogP) is 3.63. The van der Waals surface area contributed by atoms with E-state index in [1.807, 2.05) is 12.3 Å². The fourth-order valence-corrected chi connectivity index (χ4v) is 2.49. The van der Waals surface area contributed by atoms with E-state index in [-0.39, 0.29) is 6.04 Å². The first-order valence-corrected chi connectivity index (χ1v) is 7.69. The van der Waals surface area contributed by atoms with Crippen LogP contribution in [0.4, 0.5) is 0 Å². The highest BCUT2D eigenvalue weighted by Gasteiger charge is 2.23. The number of pyridine rings is 1. The second-order valence-electron chi connectivity index (χ2n) is 5.58. The molecule has 1 unspecified atom stereocenters. The van der Waals surface area contributed by atoms with Gasteiger partial charge in [0, 0.05) is 6.20 Å². The van der Waals surface area contributed by atoms with Crippen molar-refractivity contribution in [2.24, 2.45) is 0 Å². The highest BCUT2D eigenvalue weighted by molar-refractivity contribution is 5.35. The first kappa shape index (κ1) is 14.1. The van der Waals surface area contributed by atoms with Gasteiger partial charge in [0.1, 0.15) is 5.75 Å². The Bertz CT molecular complexity index is 590. The fourth-order valence-electron chi connectivity index (χ4n) is 2.49. The normalized spacial score (nSPS) is 15.7. The summed E-state index contributed by atoms with van der Waals surface area (Å²) in [4.78, 5) is 4.56. The maximum Gasteiger partial charge on any atom is 0.119 e. The standard InChI is InChI=1S/C18H22N2O/c1-3-19-18(17-13(2)5-4-12-20-17)14-6-8-15(9-7-14)21-16-10-11-16/h4-9,12,16,18-19H,3,10-11H2,1-2H3. The Labute approximate surface area is 126 Å². The zero-order valence-electron chi connectivity index (χ0n) is 12.7. The van der Waals surface area contributed by atoms with Crippen LogP contribution in [0, 0.1) is 6.92 Å². The summed E-state index contributed by atoms with van der Waals surface area (Å²) in [5.74, 6) is 0.967. The summed E-state index contributed by atoms with van der Waals surface area (Å²) < 4.78 is 5.81. The molecule has 1 aromatic carbocycles. The topological polar surface area (TPSA) is 34.1 Å². The van der Waals surface area contributed by atoms with Gasteiger partial charge < -0.3 is 10.1 Å². The molecule has 1 aromatic heterocycles. The number of aryl methyl sites for hydroxylation is 1. The van der Waals surface area contributed by atoms with E-state index in [4.69, 9.17) is 4.74 Å². The molecule has 2 aromatic rings. The van der Waals surface area contributed by atoms with Crippen LogP contribution in [0.2, 0.25) is 0 Å². The van der Waals surface area contributed by atoms with Gasteiger partial charge in [0.15, 0.2) is 0 Å². The van der Waals surface area contributed by atoms with Crippen LogP contribution in [0.1, 0.15) is 42.6 Å². The van der Waals surface area contributed by atoms with Crippen molar-refractivity contribution in [3.8, 4) is 5.75 Å². The molecule has 1 saturated carbocycles. The lowest BCUT2D eigenvalue weighted by molar-refractivity contribution is 0.303. The molecule has 21 heavy (non-hydrogen) atoms. The van der Waals surface area contributed by atoms with Crippen molar-refractivity contribution in [1.82, 2.24) is 10.3 Å². The van der Waals surface area contributed by atoms with Crippen LogP contribution in [-0.4, -0.2) is 17.6 Å². The van der Waals surface area contributed by atoms with Gasteiger partial charge >= 0.3 is 0 Å². The molecule has 1 atom stereocenters. The zero-order chi connectivity index (χ0) is 14.7. The number of rotatable bonds is 6. The Morgan fingerprint density at radius 2 is 2.00 bits per heavy atom. The lowest BCUT2D eigenvalue weighted by atomic mass is 10.00. The van der Waals surface area contributed by atoms with E-state index in [9.17, 15) is 0 Å². The van der Waals surface area contributed by atoms with Crippen molar-refractivity contribution < 1.29 is 4.74 Å². The van der Waals surface area contributed by atoms with Gasteiger partial charge in [-0.1, -0.05) is 25.1 Å². The summed E-state index contributed by atoms with van der Waals surface area (Å²) in [6.45, 7) is 5.13. The van der Waals surface area contributed by atoms with Crippen LogP contribution in [0.15, 0.2) is 42.6 Å². The number of hydrogen-bond acceptors (Lipinski definition) is 3. The first-order chi connectivity index (χ1) is 10.3. The summed E-state index contributed by atoms with van der Waals surface area (Å²) in [6.07, 6.45) is 4.68. The average molecular weight is 282 g/mol. The predicted molar refractivity (Wildman–Crippen MR) is 84.6 cm³/mol. The molecule has 1 aliphatic carbocycles. The monoisotopic (exact) mass is 282 g/mol. The van der Waals surface area contributed by atoms with E-state index in [0.717, 1.165) is 18.0 Å². The molecule has 0 amide bonds. The molecule has 1 heterocycles. The van der Waals surface area contributed by atoms with E-state index in [0.29, 0.717) is 6.10 Å². The summed E-state index contributed by atoms with van der Waals surface area (Å²) in [5, 5.41) is 3.53. The van der Waals surface area contributed by atoms with Gasteiger partial charge in [0.25, 0.3) is 0 Å². The quantitative estimate of drug-likeness (QED) is 0.878. The number of nitrogens with zero attached hydrogens (tertiary/aromatic N) is 1. The minimum absolute atomic E-state index is 0.131. The first-order valence-electron chi connectivity index (χ1n) is 7.69. The molecule has 3 heteroatoms. The lowest BCUT2D eigenvalue weighted by Crippen LogP contribution is -2.23. The molecule has 0 aliphatic heterocycles. The Kier molecular flexibility index (Phi) is 4.20. The largest absolute Gasteiger partial charge is 0.490 e. The molecule has 0 bridgehead atoms. The molecule has 1 aliphatic rings. The molecule has 0 saturated heterocycles. The van der Waals surface area contributed by atoms with Gasteiger partial charge in [-0.2, -0.15) is 0 Å². The highest BCUT2D eigenvalue weighted by atomic mass is 16.5. The molecular weight excluding hydrogens is 260 g/mol. The molecule has 1 fully saturated rings.